The number of nitrogens with zero attached hydrogens (tertiary/aromatic N) is 1. The second-order valence-electron chi connectivity index (χ2n) is 8.42. The van der Waals surface area contributed by atoms with Gasteiger partial charge in [0.1, 0.15) is 5.75 Å². The maximum atomic E-state index is 13.2. The van der Waals surface area contributed by atoms with Gasteiger partial charge in [0.15, 0.2) is 0 Å². The Labute approximate surface area is 179 Å². The highest BCUT2D eigenvalue weighted by Crippen LogP contribution is 2.35. The molecule has 1 fully saturated rings. The van der Waals surface area contributed by atoms with Crippen molar-refractivity contribution in [2.45, 2.75) is 52.9 Å². The molecular formula is C25H32N2O3. The zero-order valence-electron chi connectivity index (χ0n) is 18.6. The van der Waals surface area contributed by atoms with Crippen molar-refractivity contribution >= 4 is 23.2 Å². The molecule has 5 heteroatoms. The van der Waals surface area contributed by atoms with Crippen molar-refractivity contribution in [3.63, 3.8) is 0 Å². The average Bonchev–Trinajstić information content (AvgIpc) is 3.10. The highest BCUT2D eigenvalue weighted by Gasteiger charge is 2.36. The molecule has 3 rings (SSSR count). The normalized spacial score (nSPS) is 16.4. The Hall–Kier alpha value is -2.82. The first-order valence-electron chi connectivity index (χ1n) is 10.8. The zero-order chi connectivity index (χ0) is 21.8. The number of ether oxygens (including phenoxy) is 1. The third kappa shape index (κ3) is 4.50. The Balaban J connectivity index is 1.83. The van der Waals surface area contributed by atoms with Gasteiger partial charge in [-0.15, -0.1) is 0 Å². The van der Waals surface area contributed by atoms with Gasteiger partial charge in [0.2, 0.25) is 11.8 Å². The molecule has 2 amide bonds. The molecule has 0 radical (unpaired) electrons. The van der Waals surface area contributed by atoms with Crippen molar-refractivity contribution in [3.05, 3.63) is 53.6 Å². The topological polar surface area (TPSA) is 58.6 Å². The van der Waals surface area contributed by atoms with Crippen molar-refractivity contribution in [1.82, 2.24) is 0 Å². The molecule has 0 saturated carbocycles. The number of carbonyl (C=O) groups is 2. The van der Waals surface area contributed by atoms with Gasteiger partial charge in [0.05, 0.1) is 18.2 Å². The average molecular weight is 409 g/mol. The number of anilines is 2. The highest BCUT2D eigenvalue weighted by molar-refractivity contribution is 6.04. The minimum atomic E-state index is -0.396. The number of rotatable bonds is 7. The Bertz CT molecular complexity index is 894. The van der Waals surface area contributed by atoms with Crippen LogP contribution in [0.15, 0.2) is 42.5 Å². The molecule has 30 heavy (non-hydrogen) atoms. The molecule has 0 spiro atoms. The predicted molar refractivity (Wildman–Crippen MR) is 121 cm³/mol. The maximum Gasteiger partial charge on any atom is 0.229 e. The number of amides is 2. The molecule has 0 aliphatic carbocycles. The van der Waals surface area contributed by atoms with Gasteiger partial charge in [-0.2, -0.15) is 0 Å². The first-order chi connectivity index (χ1) is 14.3. The van der Waals surface area contributed by atoms with Crippen LogP contribution in [-0.2, 0) is 9.59 Å². The first kappa shape index (κ1) is 21.9. The lowest BCUT2D eigenvalue weighted by molar-refractivity contribution is -0.122. The summed E-state index contributed by atoms with van der Waals surface area (Å²) in [5.74, 6) is 0.699. The van der Waals surface area contributed by atoms with Crippen LogP contribution in [0.25, 0.3) is 0 Å². The molecule has 160 valence electrons. The second kappa shape index (κ2) is 9.33. The van der Waals surface area contributed by atoms with E-state index < -0.39 is 5.92 Å². The van der Waals surface area contributed by atoms with E-state index in [2.05, 4.69) is 45.1 Å². The van der Waals surface area contributed by atoms with E-state index in [-0.39, 0.29) is 18.2 Å². The lowest BCUT2D eigenvalue weighted by atomic mass is 9.92. The molecule has 5 nitrogen and oxygen atoms in total. The summed E-state index contributed by atoms with van der Waals surface area (Å²) in [7, 11) is 0. The maximum absolute atomic E-state index is 13.2. The van der Waals surface area contributed by atoms with E-state index in [1.807, 2.05) is 37.3 Å². The fourth-order valence-corrected chi connectivity index (χ4v) is 3.99. The van der Waals surface area contributed by atoms with Crippen LogP contribution in [0.2, 0.25) is 0 Å². The molecule has 1 saturated heterocycles. The van der Waals surface area contributed by atoms with E-state index in [9.17, 15) is 9.59 Å². The second-order valence-corrected chi connectivity index (χ2v) is 8.42. The molecule has 1 aliphatic heterocycles. The number of hydrogen-bond donors (Lipinski definition) is 1. The Morgan fingerprint density at radius 2 is 1.70 bits per heavy atom. The third-order valence-electron chi connectivity index (χ3n) is 5.57. The van der Waals surface area contributed by atoms with Crippen LogP contribution in [0.4, 0.5) is 11.4 Å². The summed E-state index contributed by atoms with van der Waals surface area (Å²) < 4.78 is 5.68. The van der Waals surface area contributed by atoms with Crippen LogP contribution < -0.4 is 15.0 Å². The van der Waals surface area contributed by atoms with E-state index in [0.717, 1.165) is 22.5 Å². The Morgan fingerprint density at radius 1 is 1.07 bits per heavy atom. The largest absolute Gasteiger partial charge is 0.492 e. The number of hydrogen-bond acceptors (Lipinski definition) is 3. The van der Waals surface area contributed by atoms with E-state index >= 15 is 0 Å². The van der Waals surface area contributed by atoms with E-state index in [1.54, 1.807) is 4.90 Å². The first-order valence-corrected chi connectivity index (χ1v) is 10.8. The van der Waals surface area contributed by atoms with Crippen LogP contribution in [0.5, 0.6) is 5.75 Å². The zero-order valence-corrected chi connectivity index (χ0v) is 18.6. The fraction of sp³-hybridized carbons (Fsp3) is 0.440. The molecule has 1 atom stereocenters. The van der Waals surface area contributed by atoms with Gasteiger partial charge >= 0.3 is 0 Å². The lowest BCUT2D eigenvalue weighted by Crippen LogP contribution is -2.29. The minimum Gasteiger partial charge on any atom is -0.492 e. The quantitative estimate of drug-likeness (QED) is 0.674. The van der Waals surface area contributed by atoms with Crippen molar-refractivity contribution in [1.29, 1.82) is 0 Å². The SMILES string of the molecule is CCOc1ccccc1N1C[C@H](C(=O)Nc2c(C(C)C)cccc2C(C)C)CC1=O. The van der Waals surface area contributed by atoms with E-state index in [0.29, 0.717) is 30.7 Å². The summed E-state index contributed by atoms with van der Waals surface area (Å²) in [5.41, 5.74) is 3.87. The van der Waals surface area contributed by atoms with E-state index in [4.69, 9.17) is 4.74 Å². The molecule has 1 heterocycles. The summed E-state index contributed by atoms with van der Waals surface area (Å²) in [6, 6.07) is 13.7. The highest BCUT2D eigenvalue weighted by atomic mass is 16.5. The molecule has 0 unspecified atom stereocenters. The van der Waals surface area contributed by atoms with Crippen molar-refractivity contribution < 1.29 is 14.3 Å². The predicted octanol–water partition coefficient (Wildman–Crippen LogP) is 5.32. The van der Waals surface area contributed by atoms with Crippen LogP contribution in [0.3, 0.4) is 0 Å². The van der Waals surface area contributed by atoms with Crippen LogP contribution in [0, 0.1) is 5.92 Å². The summed E-state index contributed by atoms with van der Waals surface area (Å²) >= 11 is 0. The summed E-state index contributed by atoms with van der Waals surface area (Å²) in [5, 5.41) is 3.17. The molecule has 0 bridgehead atoms. The molecular weight excluding hydrogens is 376 g/mol. The van der Waals surface area contributed by atoms with Gasteiger partial charge in [-0.3, -0.25) is 9.59 Å². The molecule has 2 aromatic rings. The molecule has 2 aromatic carbocycles. The van der Waals surface area contributed by atoms with Gasteiger partial charge < -0.3 is 15.0 Å². The summed E-state index contributed by atoms with van der Waals surface area (Å²) in [6.45, 7) is 11.3. The molecule has 0 aromatic heterocycles. The summed E-state index contributed by atoms with van der Waals surface area (Å²) in [6.07, 6.45) is 0.202. The van der Waals surface area contributed by atoms with Crippen molar-refractivity contribution in [2.24, 2.45) is 5.92 Å². The minimum absolute atomic E-state index is 0.0523. The van der Waals surface area contributed by atoms with Gasteiger partial charge in [0, 0.05) is 18.7 Å². The van der Waals surface area contributed by atoms with Crippen LogP contribution >= 0.6 is 0 Å². The van der Waals surface area contributed by atoms with Crippen molar-refractivity contribution in [3.8, 4) is 5.75 Å². The van der Waals surface area contributed by atoms with Gasteiger partial charge in [0.25, 0.3) is 0 Å². The van der Waals surface area contributed by atoms with Gasteiger partial charge in [-0.1, -0.05) is 58.0 Å². The number of nitrogens with one attached hydrogen (secondary N) is 1. The smallest absolute Gasteiger partial charge is 0.229 e. The van der Waals surface area contributed by atoms with Crippen LogP contribution in [-0.4, -0.2) is 25.0 Å². The number of para-hydroxylation sites is 3. The molecule has 1 N–H and O–H groups in total. The van der Waals surface area contributed by atoms with Gasteiger partial charge in [-0.05, 0) is 42.0 Å². The van der Waals surface area contributed by atoms with Gasteiger partial charge in [-0.25, -0.2) is 0 Å². The monoisotopic (exact) mass is 408 g/mol. The van der Waals surface area contributed by atoms with E-state index in [1.165, 1.54) is 0 Å². The lowest BCUT2D eigenvalue weighted by Gasteiger charge is -2.22. The Morgan fingerprint density at radius 3 is 2.30 bits per heavy atom. The standard InChI is InChI=1S/C25H32N2O3/c1-6-30-22-13-8-7-12-21(22)27-15-18(14-23(27)28)25(29)26-24-19(16(2)3)10-9-11-20(24)17(4)5/h7-13,16-18H,6,14-15H2,1-5H3,(H,26,29)/t18-/m1/s1. The van der Waals surface area contributed by atoms with Crippen molar-refractivity contribution in [2.75, 3.05) is 23.4 Å². The van der Waals surface area contributed by atoms with Crippen LogP contribution in [0.1, 0.15) is 64.0 Å². The Kier molecular flexibility index (Phi) is 6.80. The number of carbonyl (C=O) groups excluding carboxylic acids is 2. The number of benzene rings is 2. The third-order valence-corrected chi connectivity index (χ3v) is 5.57. The summed E-state index contributed by atoms with van der Waals surface area (Å²) in [4.78, 5) is 27.6. The molecule has 1 aliphatic rings. The fourth-order valence-electron chi connectivity index (χ4n) is 3.99.